The fraction of sp³-hybridized carbons (Fsp3) is 0.462. The van der Waals surface area contributed by atoms with Gasteiger partial charge in [0.05, 0.1) is 0 Å². The minimum atomic E-state index is 0.119. The van der Waals surface area contributed by atoms with Crippen molar-refractivity contribution in [3.8, 4) is 0 Å². The first-order chi connectivity index (χ1) is 7.54. The smallest absolute Gasteiger partial charge is 0.219 e. The zero-order valence-electron chi connectivity index (χ0n) is 10.4. The molecule has 0 aromatic heterocycles. The lowest BCUT2D eigenvalue weighted by molar-refractivity contribution is -0.129. The van der Waals surface area contributed by atoms with Gasteiger partial charge < -0.3 is 4.90 Å². The maximum absolute atomic E-state index is 11.2. The van der Waals surface area contributed by atoms with E-state index in [9.17, 15) is 4.79 Å². The Kier molecular flexibility index (Phi) is 4.87. The number of hydrogen-bond acceptors (Lipinski definition) is 2. The summed E-state index contributed by atoms with van der Waals surface area (Å²) in [5, 5.41) is 0. The van der Waals surface area contributed by atoms with Crippen molar-refractivity contribution in [3.05, 3.63) is 29.8 Å². The molecule has 0 aliphatic carbocycles. The standard InChI is InChI=1S/C13H19NOS/c1-10(14(3)11(2)15)9-12-5-7-13(16-4)8-6-12/h5-8,10H,9H2,1-4H3. The highest BCUT2D eigenvalue weighted by Crippen LogP contribution is 2.16. The number of amides is 1. The predicted molar refractivity (Wildman–Crippen MR) is 69.8 cm³/mol. The number of rotatable bonds is 4. The molecule has 1 rings (SSSR count). The molecule has 0 radical (unpaired) electrons. The Morgan fingerprint density at radius 1 is 1.38 bits per heavy atom. The Bertz CT molecular complexity index is 347. The molecule has 0 N–H and O–H groups in total. The van der Waals surface area contributed by atoms with E-state index in [4.69, 9.17) is 0 Å². The summed E-state index contributed by atoms with van der Waals surface area (Å²) in [5.41, 5.74) is 1.28. The van der Waals surface area contributed by atoms with Gasteiger partial charge in [-0.25, -0.2) is 0 Å². The van der Waals surface area contributed by atoms with Crippen LogP contribution < -0.4 is 0 Å². The maximum atomic E-state index is 11.2. The molecule has 3 heteroatoms. The summed E-state index contributed by atoms with van der Waals surface area (Å²) < 4.78 is 0. The van der Waals surface area contributed by atoms with Crippen molar-refractivity contribution in [2.45, 2.75) is 31.2 Å². The van der Waals surface area contributed by atoms with Gasteiger partial charge in [0, 0.05) is 24.9 Å². The van der Waals surface area contributed by atoms with Crippen molar-refractivity contribution in [3.63, 3.8) is 0 Å². The van der Waals surface area contributed by atoms with Gasteiger partial charge >= 0.3 is 0 Å². The number of likely N-dealkylation sites (N-methyl/N-ethyl adjacent to an activating group) is 1. The monoisotopic (exact) mass is 237 g/mol. The molecule has 2 nitrogen and oxygen atoms in total. The van der Waals surface area contributed by atoms with Crippen LogP contribution in [-0.2, 0) is 11.2 Å². The molecule has 16 heavy (non-hydrogen) atoms. The highest BCUT2D eigenvalue weighted by molar-refractivity contribution is 7.98. The molecule has 0 spiro atoms. The second-order valence-corrected chi connectivity index (χ2v) is 4.91. The molecule has 1 aromatic carbocycles. The van der Waals surface area contributed by atoms with Crippen LogP contribution >= 0.6 is 11.8 Å². The Morgan fingerprint density at radius 3 is 2.38 bits per heavy atom. The molecule has 0 fully saturated rings. The van der Waals surface area contributed by atoms with Gasteiger partial charge in [-0.2, -0.15) is 0 Å². The van der Waals surface area contributed by atoms with Gasteiger partial charge in [0.25, 0.3) is 0 Å². The predicted octanol–water partition coefficient (Wildman–Crippen LogP) is 2.82. The number of benzene rings is 1. The molecular formula is C13H19NOS. The average Bonchev–Trinajstić information content (AvgIpc) is 2.28. The molecule has 88 valence electrons. The van der Waals surface area contributed by atoms with E-state index >= 15 is 0 Å². The van der Waals surface area contributed by atoms with E-state index in [1.165, 1.54) is 10.5 Å². The van der Waals surface area contributed by atoms with Crippen LogP contribution in [0.5, 0.6) is 0 Å². The van der Waals surface area contributed by atoms with Gasteiger partial charge in [-0.15, -0.1) is 11.8 Å². The zero-order valence-corrected chi connectivity index (χ0v) is 11.2. The summed E-state index contributed by atoms with van der Waals surface area (Å²) in [6.45, 7) is 3.68. The van der Waals surface area contributed by atoms with Gasteiger partial charge in [-0.1, -0.05) is 12.1 Å². The number of carbonyl (C=O) groups excluding carboxylic acids is 1. The van der Waals surface area contributed by atoms with Crippen LogP contribution in [-0.4, -0.2) is 30.2 Å². The van der Waals surface area contributed by atoms with Gasteiger partial charge in [-0.3, -0.25) is 4.79 Å². The average molecular weight is 237 g/mol. The molecule has 0 saturated carbocycles. The first-order valence-corrected chi connectivity index (χ1v) is 6.63. The summed E-state index contributed by atoms with van der Waals surface area (Å²) in [4.78, 5) is 14.3. The number of nitrogens with zero attached hydrogens (tertiary/aromatic N) is 1. The molecule has 0 saturated heterocycles. The fourth-order valence-corrected chi connectivity index (χ4v) is 1.96. The van der Waals surface area contributed by atoms with E-state index in [1.54, 1.807) is 23.6 Å². The third kappa shape index (κ3) is 3.56. The van der Waals surface area contributed by atoms with E-state index in [-0.39, 0.29) is 11.9 Å². The largest absolute Gasteiger partial charge is 0.343 e. The lowest BCUT2D eigenvalue weighted by atomic mass is 10.1. The molecule has 0 aliphatic rings. The molecule has 0 heterocycles. The van der Waals surface area contributed by atoms with Gasteiger partial charge in [0.15, 0.2) is 0 Å². The van der Waals surface area contributed by atoms with E-state index in [2.05, 4.69) is 37.4 Å². The van der Waals surface area contributed by atoms with Crippen molar-refractivity contribution in [2.75, 3.05) is 13.3 Å². The maximum Gasteiger partial charge on any atom is 0.219 e. The molecule has 0 bridgehead atoms. The van der Waals surface area contributed by atoms with Gasteiger partial charge in [0.2, 0.25) is 5.91 Å². The fourth-order valence-electron chi connectivity index (χ4n) is 1.55. The SMILES string of the molecule is CSc1ccc(CC(C)N(C)C(C)=O)cc1. The van der Waals surface area contributed by atoms with E-state index in [0.717, 1.165) is 6.42 Å². The first-order valence-electron chi connectivity index (χ1n) is 5.41. The Balaban J connectivity index is 2.62. The van der Waals surface area contributed by atoms with Crippen molar-refractivity contribution < 1.29 is 4.79 Å². The Labute approximate surface area is 102 Å². The summed E-state index contributed by atoms with van der Waals surface area (Å²) in [7, 11) is 1.85. The highest BCUT2D eigenvalue weighted by Gasteiger charge is 2.11. The van der Waals surface area contributed by atoms with Crippen molar-refractivity contribution in [1.82, 2.24) is 4.90 Å². The van der Waals surface area contributed by atoms with Gasteiger partial charge in [0.1, 0.15) is 0 Å². The molecular weight excluding hydrogens is 218 g/mol. The Hall–Kier alpha value is -0.960. The Morgan fingerprint density at radius 2 is 1.94 bits per heavy atom. The van der Waals surface area contributed by atoms with E-state index in [0.29, 0.717) is 0 Å². The number of carbonyl (C=O) groups is 1. The van der Waals surface area contributed by atoms with Crippen molar-refractivity contribution >= 4 is 17.7 Å². The third-order valence-corrected chi connectivity index (χ3v) is 3.59. The topological polar surface area (TPSA) is 20.3 Å². The van der Waals surface area contributed by atoms with E-state index < -0.39 is 0 Å². The quantitative estimate of drug-likeness (QED) is 0.751. The minimum absolute atomic E-state index is 0.119. The van der Waals surface area contributed by atoms with Crippen LogP contribution in [0.25, 0.3) is 0 Å². The molecule has 1 unspecified atom stereocenters. The second kappa shape index (κ2) is 5.94. The first kappa shape index (κ1) is 13.1. The van der Waals surface area contributed by atoms with Crippen LogP contribution in [0.2, 0.25) is 0 Å². The van der Waals surface area contributed by atoms with Crippen molar-refractivity contribution in [1.29, 1.82) is 0 Å². The van der Waals surface area contributed by atoms with Crippen LogP contribution in [0.15, 0.2) is 29.2 Å². The van der Waals surface area contributed by atoms with Crippen LogP contribution in [0, 0.1) is 0 Å². The third-order valence-electron chi connectivity index (χ3n) is 2.85. The van der Waals surface area contributed by atoms with Crippen LogP contribution in [0.3, 0.4) is 0 Å². The zero-order chi connectivity index (χ0) is 12.1. The van der Waals surface area contributed by atoms with Crippen molar-refractivity contribution in [2.24, 2.45) is 0 Å². The molecule has 1 atom stereocenters. The van der Waals surface area contributed by atoms with Crippen LogP contribution in [0.1, 0.15) is 19.4 Å². The summed E-state index contributed by atoms with van der Waals surface area (Å²) in [6.07, 6.45) is 2.98. The minimum Gasteiger partial charge on any atom is -0.343 e. The molecule has 1 amide bonds. The summed E-state index contributed by atoms with van der Waals surface area (Å²) in [6, 6.07) is 8.77. The summed E-state index contributed by atoms with van der Waals surface area (Å²) in [5.74, 6) is 0.119. The number of hydrogen-bond donors (Lipinski definition) is 0. The lowest BCUT2D eigenvalue weighted by Crippen LogP contribution is -2.34. The van der Waals surface area contributed by atoms with Crippen LogP contribution in [0.4, 0.5) is 0 Å². The number of thioether (sulfide) groups is 1. The molecule has 0 aliphatic heterocycles. The van der Waals surface area contributed by atoms with E-state index in [1.807, 2.05) is 7.05 Å². The lowest BCUT2D eigenvalue weighted by Gasteiger charge is -2.23. The normalized spacial score (nSPS) is 12.2. The molecule has 1 aromatic rings. The summed E-state index contributed by atoms with van der Waals surface area (Å²) >= 11 is 1.74. The van der Waals surface area contributed by atoms with Gasteiger partial charge in [-0.05, 0) is 37.3 Å². The second-order valence-electron chi connectivity index (χ2n) is 4.03. The highest BCUT2D eigenvalue weighted by atomic mass is 32.2.